The van der Waals surface area contributed by atoms with E-state index in [1.165, 1.54) is 21.9 Å². The predicted octanol–water partition coefficient (Wildman–Crippen LogP) is 8.21. The standard InChI is InChI=1S/C38H36O2/c39-29-9-3-1-5-11-31-15-19-33(20-16-31)23-25-35-27-28-36(38-14-8-7-13-37(35)38)26-24-34-21-17-32(18-22-34)12-6-2-4-10-30-40/h7-8,13-28,39-40H,1-4,9-10,29-30H2. The fraction of sp³-hybridized carbons (Fsp3) is 0.211. The smallest absolute Gasteiger partial charge is 0.0431 e. The number of rotatable bonds is 10. The van der Waals surface area contributed by atoms with Crippen molar-refractivity contribution in [2.45, 2.75) is 38.5 Å². The molecule has 200 valence electrons. The molecular weight excluding hydrogens is 488 g/mol. The summed E-state index contributed by atoms with van der Waals surface area (Å²) in [5.74, 6) is 12.8. The maximum absolute atomic E-state index is 8.86. The summed E-state index contributed by atoms with van der Waals surface area (Å²) in [6.07, 6.45) is 13.8. The normalized spacial score (nSPS) is 10.9. The first-order valence-electron chi connectivity index (χ1n) is 14.0. The molecule has 0 fully saturated rings. The molecule has 0 heterocycles. The van der Waals surface area contributed by atoms with Crippen LogP contribution >= 0.6 is 0 Å². The van der Waals surface area contributed by atoms with E-state index in [0.29, 0.717) is 0 Å². The van der Waals surface area contributed by atoms with Crippen LogP contribution in [0.3, 0.4) is 0 Å². The quantitative estimate of drug-likeness (QED) is 0.125. The molecule has 4 aromatic carbocycles. The molecule has 2 N–H and O–H groups in total. The first-order valence-corrected chi connectivity index (χ1v) is 14.0. The molecule has 0 amide bonds. The number of hydrogen-bond acceptors (Lipinski definition) is 2. The third-order valence-corrected chi connectivity index (χ3v) is 6.61. The molecule has 2 heteroatoms. The van der Waals surface area contributed by atoms with Crippen LogP contribution in [0.15, 0.2) is 84.9 Å². The van der Waals surface area contributed by atoms with Gasteiger partial charge in [0, 0.05) is 37.2 Å². The van der Waals surface area contributed by atoms with E-state index in [1.54, 1.807) is 0 Å². The minimum Gasteiger partial charge on any atom is -0.396 e. The van der Waals surface area contributed by atoms with Gasteiger partial charge in [-0.1, -0.05) is 109 Å². The van der Waals surface area contributed by atoms with Crippen molar-refractivity contribution in [3.05, 3.63) is 118 Å². The highest BCUT2D eigenvalue weighted by atomic mass is 16.3. The van der Waals surface area contributed by atoms with Crippen LogP contribution in [0.1, 0.15) is 71.9 Å². The molecule has 0 spiro atoms. The summed E-state index contributed by atoms with van der Waals surface area (Å²) in [5.41, 5.74) is 6.67. The minimum absolute atomic E-state index is 0.233. The molecule has 0 aromatic heterocycles. The van der Waals surface area contributed by atoms with Crippen molar-refractivity contribution in [3.63, 3.8) is 0 Å². The summed E-state index contributed by atoms with van der Waals surface area (Å²) in [6, 6.07) is 29.5. The van der Waals surface area contributed by atoms with E-state index in [1.807, 2.05) is 0 Å². The second-order valence-electron chi connectivity index (χ2n) is 9.67. The Balaban J connectivity index is 1.44. The van der Waals surface area contributed by atoms with Crippen LogP contribution in [-0.4, -0.2) is 23.4 Å². The SMILES string of the molecule is OCCCCC#Cc1ccc(C=Cc2ccc(C=Cc3ccc(C#CCCCCO)cc3)c3ccccc23)cc1. The average molecular weight is 525 g/mol. The first kappa shape index (κ1) is 28.7. The van der Waals surface area contributed by atoms with Crippen LogP contribution < -0.4 is 0 Å². The van der Waals surface area contributed by atoms with Crippen LogP contribution in [0, 0.1) is 23.7 Å². The van der Waals surface area contributed by atoms with Crippen LogP contribution in [0.4, 0.5) is 0 Å². The Morgan fingerprint density at radius 2 is 0.900 bits per heavy atom. The summed E-state index contributed by atoms with van der Waals surface area (Å²) in [5, 5.41) is 20.2. The van der Waals surface area contributed by atoms with E-state index in [-0.39, 0.29) is 13.2 Å². The molecule has 0 bridgehead atoms. The minimum atomic E-state index is 0.233. The number of aliphatic hydroxyl groups is 2. The Labute approximate surface area is 238 Å². The van der Waals surface area contributed by atoms with Crippen LogP contribution in [0.5, 0.6) is 0 Å². The van der Waals surface area contributed by atoms with Crippen LogP contribution in [0.2, 0.25) is 0 Å². The molecule has 40 heavy (non-hydrogen) atoms. The third kappa shape index (κ3) is 8.86. The van der Waals surface area contributed by atoms with Gasteiger partial charge in [0.05, 0.1) is 0 Å². The zero-order chi connectivity index (χ0) is 27.8. The first-order chi connectivity index (χ1) is 19.8. The molecule has 2 nitrogen and oxygen atoms in total. The number of aliphatic hydroxyl groups excluding tert-OH is 2. The van der Waals surface area contributed by atoms with Gasteiger partial charge in [-0.2, -0.15) is 0 Å². The molecular formula is C38H36O2. The van der Waals surface area contributed by atoms with Crippen molar-refractivity contribution in [2.75, 3.05) is 13.2 Å². The van der Waals surface area contributed by atoms with E-state index >= 15 is 0 Å². The fourth-order valence-corrected chi connectivity index (χ4v) is 4.34. The highest BCUT2D eigenvalue weighted by molar-refractivity contribution is 5.99. The highest BCUT2D eigenvalue weighted by Gasteiger charge is 2.02. The number of fused-ring (bicyclic) bond motifs is 1. The van der Waals surface area contributed by atoms with Gasteiger partial charge < -0.3 is 10.2 Å². The van der Waals surface area contributed by atoms with Gasteiger partial charge in [-0.05, 0) is 83.0 Å². The predicted molar refractivity (Wildman–Crippen MR) is 170 cm³/mol. The zero-order valence-corrected chi connectivity index (χ0v) is 22.9. The number of unbranched alkanes of at least 4 members (excludes halogenated alkanes) is 4. The van der Waals surface area contributed by atoms with Crippen molar-refractivity contribution in [1.82, 2.24) is 0 Å². The van der Waals surface area contributed by atoms with Crippen molar-refractivity contribution >= 4 is 35.1 Å². The van der Waals surface area contributed by atoms with Gasteiger partial charge in [-0.25, -0.2) is 0 Å². The molecule has 0 atom stereocenters. The van der Waals surface area contributed by atoms with Gasteiger partial charge in [0.15, 0.2) is 0 Å². The summed E-state index contributed by atoms with van der Waals surface area (Å²) >= 11 is 0. The lowest BCUT2D eigenvalue weighted by Gasteiger charge is -2.07. The van der Waals surface area contributed by atoms with Gasteiger partial charge in [0.2, 0.25) is 0 Å². The maximum Gasteiger partial charge on any atom is 0.0431 e. The van der Waals surface area contributed by atoms with Crippen molar-refractivity contribution in [1.29, 1.82) is 0 Å². The number of benzene rings is 4. The molecule has 0 saturated heterocycles. The molecule has 4 rings (SSSR count). The Morgan fingerprint density at radius 1 is 0.475 bits per heavy atom. The van der Waals surface area contributed by atoms with Crippen LogP contribution in [-0.2, 0) is 0 Å². The highest BCUT2D eigenvalue weighted by Crippen LogP contribution is 2.26. The topological polar surface area (TPSA) is 40.5 Å². The second-order valence-corrected chi connectivity index (χ2v) is 9.67. The van der Waals surface area contributed by atoms with Crippen molar-refractivity contribution in [3.8, 4) is 23.7 Å². The fourth-order valence-electron chi connectivity index (χ4n) is 4.34. The molecule has 4 aromatic rings. The second kappa shape index (κ2) is 15.9. The van der Waals surface area contributed by atoms with E-state index in [4.69, 9.17) is 10.2 Å². The third-order valence-electron chi connectivity index (χ3n) is 6.61. The molecule has 0 aliphatic heterocycles. The Bertz CT molecular complexity index is 1430. The lowest BCUT2D eigenvalue weighted by molar-refractivity contribution is 0.285. The van der Waals surface area contributed by atoms with Gasteiger partial charge in [-0.3, -0.25) is 0 Å². The van der Waals surface area contributed by atoms with Crippen molar-refractivity contribution < 1.29 is 10.2 Å². The maximum atomic E-state index is 8.86. The molecule has 0 aliphatic rings. The summed E-state index contributed by atoms with van der Waals surface area (Å²) in [7, 11) is 0. The molecule has 0 unspecified atom stereocenters. The molecule has 0 radical (unpaired) electrons. The van der Waals surface area contributed by atoms with E-state index in [0.717, 1.165) is 60.8 Å². The molecule has 0 saturated carbocycles. The van der Waals surface area contributed by atoms with Crippen molar-refractivity contribution in [2.24, 2.45) is 0 Å². The Morgan fingerprint density at radius 3 is 1.30 bits per heavy atom. The largest absolute Gasteiger partial charge is 0.396 e. The monoisotopic (exact) mass is 524 g/mol. The number of hydrogen-bond donors (Lipinski definition) is 2. The van der Waals surface area contributed by atoms with Gasteiger partial charge in [0.1, 0.15) is 0 Å². The van der Waals surface area contributed by atoms with Gasteiger partial charge in [-0.15, -0.1) is 0 Å². The van der Waals surface area contributed by atoms with E-state index < -0.39 is 0 Å². The lowest BCUT2D eigenvalue weighted by atomic mass is 9.98. The Hall–Kier alpha value is -4.34. The Kier molecular flexibility index (Phi) is 11.4. The lowest BCUT2D eigenvalue weighted by Crippen LogP contribution is -1.83. The zero-order valence-electron chi connectivity index (χ0n) is 22.9. The molecule has 0 aliphatic carbocycles. The van der Waals surface area contributed by atoms with Gasteiger partial charge in [0.25, 0.3) is 0 Å². The average Bonchev–Trinajstić information content (AvgIpc) is 3.00. The van der Waals surface area contributed by atoms with Crippen LogP contribution in [0.25, 0.3) is 35.1 Å². The van der Waals surface area contributed by atoms with Gasteiger partial charge >= 0.3 is 0 Å². The summed E-state index contributed by atoms with van der Waals surface area (Å²) in [6.45, 7) is 0.466. The summed E-state index contributed by atoms with van der Waals surface area (Å²) in [4.78, 5) is 0. The van der Waals surface area contributed by atoms with E-state index in [2.05, 4.69) is 133 Å². The summed E-state index contributed by atoms with van der Waals surface area (Å²) < 4.78 is 0. The van der Waals surface area contributed by atoms with E-state index in [9.17, 15) is 0 Å².